The summed E-state index contributed by atoms with van der Waals surface area (Å²) < 4.78 is 10.8. The molecule has 3 aromatic rings. The number of hydrogen-bond acceptors (Lipinski definition) is 5. The van der Waals surface area contributed by atoms with E-state index in [1.165, 1.54) is 5.56 Å². The molecule has 0 saturated carbocycles. The van der Waals surface area contributed by atoms with Crippen molar-refractivity contribution in [3.63, 3.8) is 0 Å². The summed E-state index contributed by atoms with van der Waals surface area (Å²) in [4.78, 5) is 22.0. The molecule has 0 atom stereocenters. The van der Waals surface area contributed by atoms with Crippen LogP contribution in [-0.4, -0.2) is 34.8 Å². The molecule has 1 aromatic heterocycles. The molecule has 2 heterocycles. The Morgan fingerprint density at radius 2 is 2.00 bits per heavy atom. The number of ether oxygens (including phenoxy) is 2. The van der Waals surface area contributed by atoms with Crippen molar-refractivity contribution in [3.05, 3.63) is 64.2 Å². The molecule has 26 heavy (non-hydrogen) atoms. The number of rotatable bonds is 6. The Kier molecular flexibility index (Phi) is 4.58. The SMILES string of the molecule is CCN(CCc1nc2ccccc2c(=O)[nH]1)Cc1ccc2c(c1)OCO2. The molecule has 4 rings (SSSR count). The summed E-state index contributed by atoms with van der Waals surface area (Å²) in [6, 6.07) is 13.5. The van der Waals surface area contributed by atoms with Crippen LogP contribution in [0.5, 0.6) is 11.5 Å². The van der Waals surface area contributed by atoms with Gasteiger partial charge in [-0.25, -0.2) is 4.98 Å². The van der Waals surface area contributed by atoms with Gasteiger partial charge in [0.05, 0.1) is 10.9 Å². The first kappa shape index (κ1) is 16.6. The molecule has 0 spiro atoms. The van der Waals surface area contributed by atoms with Gasteiger partial charge in [0.15, 0.2) is 11.5 Å². The van der Waals surface area contributed by atoms with Gasteiger partial charge in [-0.15, -0.1) is 0 Å². The summed E-state index contributed by atoms with van der Waals surface area (Å²) in [6.45, 7) is 4.95. The maximum Gasteiger partial charge on any atom is 0.258 e. The lowest BCUT2D eigenvalue weighted by molar-refractivity contribution is 0.174. The number of H-pyrrole nitrogens is 1. The fourth-order valence-corrected chi connectivity index (χ4v) is 3.16. The average Bonchev–Trinajstić information content (AvgIpc) is 3.13. The summed E-state index contributed by atoms with van der Waals surface area (Å²) in [7, 11) is 0. The molecule has 0 saturated heterocycles. The predicted octanol–water partition coefficient (Wildman–Crippen LogP) is 2.72. The van der Waals surface area contributed by atoms with Crippen LogP contribution in [0.1, 0.15) is 18.3 Å². The van der Waals surface area contributed by atoms with Gasteiger partial charge in [-0.05, 0) is 36.4 Å². The van der Waals surface area contributed by atoms with Gasteiger partial charge in [0, 0.05) is 19.5 Å². The van der Waals surface area contributed by atoms with Gasteiger partial charge in [0.2, 0.25) is 6.79 Å². The van der Waals surface area contributed by atoms with Gasteiger partial charge in [-0.3, -0.25) is 9.69 Å². The number of nitrogens with one attached hydrogen (secondary N) is 1. The Balaban J connectivity index is 1.45. The lowest BCUT2D eigenvalue weighted by Crippen LogP contribution is -2.26. The lowest BCUT2D eigenvalue weighted by Gasteiger charge is -2.20. The molecule has 1 aliphatic rings. The molecule has 0 aliphatic carbocycles. The summed E-state index contributed by atoms with van der Waals surface area (Å²) in [5.41, 5.74) is 1.84. The van der Waals surface area contributed by atoms with E-state index in [1.807, 2.05) is 30.3 Å². The average molecular weight is 351 g/mol. The largest absolute Gasteiger partial charge is 0.454 e. The fraction of sp³-hybridized carbons (Fsp3) is 0.300. The molecule has 1 N–H and O–H groups in total. The maximum absolute atomic E-state index is 12.2. The molecule has 0 amide bonds. The summed E-state index contributed by atoms with van der Waals surface area (Å²) >= 11 is 0. The first-order chi connectivity index (χ1) is 12.7. The smallest absolute Gasteiger partial charge is 0.258 e. The molecule has 0 fully saturated rings. The van der Waals surface area contributed by atoms with Crippen LogP contribution >= 0.6 is 0 Å². The molecule has 134 valence electrons. The minimum absolute atomic E-state index is 0.0792. The van der Waals surface area contributed by atoms with Gasteiger partial charge in [0.25, 0.3) is 5.56 Å². The number of fused-ring (bicyclic) bond motifs is 2. The predicted molar refractivity (Wildman–Crippen MR) is 99.6 cm³/mol. The van der Waals surface area contributed by atoms with E-state index in [0.717, 1.165) is 42.5 Å². The van der Waals surface area contributed by atoms with Gasteiger partial charge in [-0.1, -0.05) is 25.1 Å². The standard InChI is InChI=1S/C20H21N3O3/c1-2-23(12-14-7-8-17-18(11-14)26-13-25-17)10-9-19-21-16-6-4-3-5-15(16)20(24)22-19/h3-8,11H,2,9-10,12-13H2,1H3,(H,21,22,24). The Morgan fingerprint density at radius 3 is 2.88 bits per heavy atom. The van der Waals surface area contributed by atoms with Crippen molar-refractivity contribution in [1.82, 2.24) is 14.9 Å². The van der Waals surface area contributed by atoms with Crippen LogP contribution in [0, 0.1) is 0 Å². The summed E-state index contributed by atoms with van der Waals surface area (Å²) in [5, 5.41) is 0.629. The van der Waals surface area contributed by atoms with Crippen molar-refractivity contribution in [2.75, 3.05) is 19.9 Å². The topological polar surface area (TPSA) is 67.5 Å². The number of aromatic nitrogens is 2. The van der Waals surface area contributed by atoms with Crippen LogP contribution in [0.4, 0.5) is 0 Å². The van der Waals surface area contributed by atoms with Crippen molar-refractivity contribution < 1.29 is 9.47 Å². The normalized spacial score (nSPS) is 12.8. The number of likely N-dealkylation sites (N-methyl/N-ethyl adjacent to an activating group) is 1. The van der Waals surface area contributed by atoms with Gasteiger partial charge < -0.3 is 14.5 Å². The van der Waals surface area contributed by atoms with Crippen LogP contribution < -0.4 is 15.0 Å². The highest BCUT2D eigenvalue weighted by Gasteiger charge is 2.14. The Morgan fingerprint density at radius 1 is 1.15 bits per heavy atom. The first-order valence-electron chi connectivity index (χ1n) is 8.82. The van der Waals surface area contributed by atoms with E-state index >= 15 is 0 Å². The number of hydrogen-bond donors (Lipinski definition) is 1. The van der Waals surface area contributed by atoms with Crippen LogP contribution in [0.2, 0.25) is 0 Å². The lowest BCUT2D eigenvalue weighted by atomic mass is 10.2. The van der Waals surface area contributed by atoms with Gasteiger partial charge in [0.1, 0.15) is 5.82 Å². The number of aromatic amines is 1. The van der Waals surface area contributed by atoms with Crippen LogP contribution in [0.25, 0.3) is 10.9 Å². The van der Waals surface area contributed by atoms with E-state index in [-0.39, 0.29) is 12.4 Å². The molecule has 6 nitrogen and oxygen atoms in total. The third-order valence-electron chi connectivity index (χ3n) is 4.62. The fourth-order valence-electron chi connectivity index (χ4n) is 3.16. The molecule has 0 bridgehead atoms. The second-order valence-corrected chi connectivity index (χ2v) is 6.34. The summed E-state index contributed by atoms with van der Waals surface area (Å²) in [6.07, 6.45) is 0.693. The Bertz CT molecular complexity index is 983. The van der Waals surface area contributed by atoms with E-state index < -0.39 is 0 Å². The third kappa shape index (κ3) is 3.41. The van der Waals surface area contributed by atoms with Crippen molar-refractivity contribution in [3.8, 4) is 11.5 Å². The van der Waals surface area contributed by atoms with E-state index in [9.17, 15) is 4.79 Å². The minimum Gasteiger partial charge on any atom is -0.454 e. The zero-order valence-corrected chi connectivity index (χ0v) is 14.7. The zero-order valence-electron chi connectivity index (χ0n) is 14.7. The number of nitrogens with zero attached hydrogens (tertiary/aromatic N) is 2. The highest BCUT2D eigenvalue weighted by Crippen LogP contribution is 2.32. The molecule has 2 aromatic carbocycles. The van der Waals surface area contributed by atoms with Gasteiger partial charge >= 0.3 is 0 Å². The quantitative estimate of drug-likeness (QED) is 0.740. The second kappa shape index (κ2) is 7.17. The summed E-state index contributed by atoms with van der Waals surface area (Å²) in [5.74, 6) is 2.33. The van der Waals surface area contributed by atoms with Crippen molar-refractivity contribution in [2.45, 2.75) is 19.9 Å². The number of benzene rings is 2. The van der Waals surface area contributed by atoms with E-state index in [4.69, 9.17) is 9.47 Å². The Hall–Kier alpha value is -2.86. The third-order valence-corrected chi connectivity index (χ3v) is 4.62. The van der Waals surface area contributed by atoms with Crippen LogP contribution in [-0.2, 0) is 13.0 Å². The van der Waals surface area contributed by atoms with E-state index in [2.05, 4.69) is 27.9 Å². The molecular weight excluding hydrogens is 330 g/mol. The molecule has 0 unspecified atom stereocenters. The number of para-hydroxylation sites is 1. The van der Waals surface area contributed by atoms with E-state index in [0.29, 0.717) is 11.8 Å². The van der Waals surface area contributed by atoms with E-state index in [1.54, 1.807) is 6.07 Å². The van der Waals surface area contributed by atoms with Crippen molar-refractivity contribution >= 4 is 10.9 Å². The minimum atomic E-state index is -0.0792. The van der Waals surface area contributed by atoms with Crippen molar-refractivity contribution in [2.24, 2.45) is 0 Å². The molecule has 1 aliphatic heterocycles. The molecule has 0 radical (unpaired) electrons. The molecular formula is C20H21N3O3. The highest BCUT2D eigenvalue weighted by molar-refractivity contribution is 5.77. The second-order valence-electron chi connectivity index (χ2n) is 6.34. The van der Waals surface area contributed by atoms with Crippen LogP contribution in [0.3, 0.4) is 0 Å². The monoisotopic (exact) mass is 351 g/mol. The highest BCUT2D eigenvalue weighted by atomic mass is 16.7. The van der Waals surface area contributed by atoms with Gasteiger partial charge in [-0.2, -0.15) is 0 Å². The van der Waals surface area contributed by atoms with Crippen LogP contribution in [0.15, 0.2) is 47.3 Å². The zero-order chi connectivity index (χ0) is 17.9. The maximum atomic E-state index is 12.2. The molecule has 6 heteroatoms. The van der Waals surface area contributed by atoms with Crippen molar-refractivity contribution in [1.29, 1.82) is 0 Å². The first-order valence-corrected chi connectivity index (χ1v) is 8.82. The Labute approximate surface area is 151 Å².